The minimum absolute atomic E-state index is 0.0533. The summed E-state index contributed by atoms with van der Waals surface area (Å²) < 4.78 is 11.9. The van der Waals surface area contributed by atoms with Gasteiger partial charge in [0, 0.05) is 10.0 Å². The van der Waals surface area contributed by atoms with Gasteiger partial charge in [-0.2, -0.15) is 5.26 Å². The number of methoxy groups -OCH3 is 1. The molecule has 0 saturated heterocycles. The Morgan fingerprint density at radius 1 is 1.34 bits per heavy atom. The first kappa shape index (κ1) is 22.4. The quantitative estimate of drug-likeness (QED) is 0.234. The zero-order chi connectivity index (χ0) is 21.6. The fourth-order valence-corrected chi connectivity index (χ4v) is 3.75. The number of anilines is 1. The summed E-state index contributed by atoms with van der Waals surface area (Å²) in [5, 5.41) is 23.1. The average molecular weight is 525 g/mol. The maximum absolute atomic E-state index is 12.6. The van der Waals surface area contributed by atoms with E-state index in [1.807, 2.05) is 13.0 Å². The van der Waals surface area contributed by atoms with E-state index in [-0.39, 0.29) is 22.7 Å². The summed E-state index contributed by atoms with van der Waals surface area (Å²) >= 11 is 6.74. The number of halogens is 2. The Bertz CT molecular complexity index is 1030. The number of nitrogens with zero attached hydrogens (tertiary/aromatic N) is 2. The van der Waals surface area contributed by atoms with Crippen LogP contribution >= 0.6 is 31.9 Å². The Labute approximate surface area is 183 Å². The summed E-state index contributed by atoms with van der Waals surface area (Å²) in [6.45, 7) is 2.19. The van der Waals surface area contributed by atoms with Crippen LogP contribution in [0.25, 0.3) is 6.08 Å². The topological polar surface area (TPSA) is 114 Å². The molecule has 0 radical (unpaired) electrons. The first-order valence-electron chi connectivity index (χ1n) is 8.18. The summed E-state index contributed by atoms with van der Waals surface area (Å²) in [4.78, 5) is 23.2. The van der Waals surface area contributed by atoms with Crippen molar-refractivity contribution in [2.45, 2.75) is 6.92 Å². The molecule has 0 atom stereocenters. The number of nitrogens with one attached hydrogen (secondary N) is 1. The number of nitriles is 1. The van der Waals surface area contributed by atoms with Crippen LogP contribution in [0.15, 0.2) is 44.9 Å². The van der Waals surface area contributed by atoms with Gasteiger partial charge in [-0.1, -0.05) is 15.9 Å². The van der Waals surface area contributed by atoms with Gasteiger partial charge in [-0.25, -0.2) is 0 Å². The number of amides is 1. The first-order valence-corrected chi connectivity index (χ1v) is 9.76. The van der Waals surface area contributed by atoms with Crippen molar-refractivity contribution in [1.82, 2.24) is 0 Å². The Morgan fingerprint density at radius 3 is 2.66 bits per heavy atom. The van der Waals surface area contributed by atoms with E-state index < -0.39 is 10.8 Å². The fraction of sp³-hybridized carbons (Fsp3) is 0.158. The molecule has 0 heterocycles. The highest BCUT2D eigenvalue weighted by Crippen LogP contribution is 2.35. The van der Waals surface area contributed by atoms with E-state index in [0.29, 0.717) is 26.9 Å². The molecule has 2 aromatic carbocycles. The van der Waals surface area contributed by atoms with Gasteiger partial charge in [0.15, 0.2) is 0 Å². The van der Waals surface area contributed by atoms with Crippen molar-refractivity contribution in [3.63, 3.8) is 0 Å². The van der Waals surface area contributed by atoms with E-state index in [1.165, 1.54) is 31.4 Å². The molecule has 2 aromatic rings. The van der Waals surface area contributed by atoms with Crippen molar-refractivity contribution in [2.24, 2.45) is 0 Å². The third kappa shape index (κ3) is 5.56. The van der Waals surface area contributed by atoms with Crippen LogP contribution in [0, 0.1) is 21.4 Å². The second-order valence-corrected chi connectivity index (χ2v) is 7.27. The molecule has 150 valence electrons. The number of benzene rings is 2. The highest BCUT2D eigenvalue weighted by Gasteiger charge is 2.20. The van der Waals surface area contributed by atoms with Crippen LogP contribution in [0.5, 0.6) is 11.5 Å². The Hall–Kier alpha value is -2.90. The number of nitro groups is 1. The second-order valence-electron chi connectivity index (χ2n) is 5.50. The summed E-state index contributed by atoms with van der Waals surface area (Å²) in [5.41, 5.74) is -0.164. The number of carbonyl (C=O) groups excluding carboxylic acids is 1. The SMILES string of the molecule is CCOc1c(Br)cc(Br)cc1/C=C(\C#N)C(=O)Nc1ccc(OC)cc1[N+](=O)[O-]. The van der Waals surface area contributed by atoms with Crippen LogP contribution in [-0.2, 0) is 4.79 Å². The molecule has 10 heteroatoms. The lowest BCUT2D eigenvalue weighted by molar-refractivity contribution is -0.384. The second kappa shape index (κ2) is 10.0. The normalized spacial score (nSPS) is 10.8. The van der Waals surface area contributed by atoms with Crippen molar-refractivity contribution in [3.05, 3.63) is 60.5 Å². The number of hydrogen-bond acceptors (Lipinski definition) is 6. The molecular formula is C19H15Br2N3O5. The summed E-state index contributed by atoms with van der Waals surface area (Å²) in [7, 11) is 1.37. The van der Waals surface area contributed by atoms with Gasteiger partial charge in [0.2, 0.25) is 0 Å². The standard InChI is InChI=1S/C19H15Br2N3O5/c1-3-29-18-11(7-13(20)8-15(18)21)6-12(10-22)19(25)23-16-5-4-14(28-2)9-17(16)24(26)27/h4-9H,3H2,1-2H3,(H,23,25)/b12-6+. The molecule has 0 saturated carbocycles. The number of rotatable bonds is 7. The smallest absolute Gasteiger partial charge is 0.296 e. The molecule has 8 nitrogen and oxygen atoms in total. The summed E-state index contributed by atoms with van der Waals surface area (Å²) in [6.07, 6.45) is 1.35. The molecule has 0 bridgehead atoms. The molecule has 2 rings (SSSR count). The maximum atomic E-state index is 12.6. The lowest BCUT2D eigenvalue weighted by Crippen LogP contribution is -2.14. The minimum Gasteiger partial charge on any atom is -0.496 e. The van der Waals surface area contributed by atoms with Gasteiger partial charge in [0.25, 0.3) is 11.6 Å². The van der Waals surface area contributed by atoms with Crippen LogP contribution in [0.3, 0.4) is 0 Å². The lowest BCUT2D eigenvalue weighted by Gasteiger charge is -2.11. The zero-order valence-electron chi connectivity index (χ0n) is 15.4. The van der Waals surface area contributed by atoms with Crippen molar-refractivity contribution >= 4 is 55.2 Å². The molecule has 1 N–H and O–H groups in total. The molecule has 1 amide bonds. The van der Waals surface area contributed by atoms with Crippen molar-refractivity contribution in [2.75, 3.05) is 19.0 Å². The van der Waals surface area contributed by atoms with Gasteiger partial charge in [0.1, 0.15) is 28.8 Å². The van der Waals surface area contributed by atoms with Gasteiger partial charge in [-0.05, 0) is 53.2 Å². The molecule has 0 fully saturated rings. The van der Waals surface area contributed by atoms with E-state index in [9.17, 15) is 20.2 Å². The summed E-state index contributed by atoms with van der Waals surface area (Å²) in [5.74, 6) is -0.0583. The molecule has 0 aliphatic rings. The predicted molar refractivity (Wildman–Crippen MR) is 115 cm³/mol. The number of hydrogen-bond donors (Lipinski definition) is 1. The van der Waals surface area contributed by atoms with Crippen molar-refractivity contribution in [1.29, 1.82) is 5.26 Å². The fourth-order valence-electron chi connectivity index (χ4n) is 2.37. The minimum atomic E-state index is -0.792. The van der Waals surface area contributed by atoms with Crippen LogP contribution < -0.4 is 14.8 Å². The number of nitro benzene ring substituents is 1. The van der Waals surface area contributed by atoms with Gasteiger partial charge in [-0.15, -0.1) is 0 Å². The highest BCUT2D eigenvalue weighted by molar-refractivity contribution is 9.11. The van der Waals surface area contributed by atoms with E-state index in [2.05, 4.69) is 37.2 Å². The van der Waals surface area contributed by atoms with Crippen LogP contribution in [0.1, 0.15) is 12.5 Å². The molecule has 0 spiro atoms. The summed E-state index contributed by atoms with van der Waals surface area (Å²) in [6, 6.07) is 9.27. The molecular weight excluding hydrogens is 510 g/mol. The Kier molecular flexibility index (Phi) is 7.75. The van der Waals surface area contributed by atoms with E-state index in [0.717, 1.165) is 0 Å². The first-order chi connectivity index (χ1) is 13.8. The third-order valence-electron chi connectivity index (χ3n) is 3.64. The molecule has 0 aliphatic heterocycles. The third-order valence-corrected chi connectivity index (χ3v) is 4.69. The van der Waals surface area contributed by atoms with Crippen LogP contribution in [0.4, 0.5) is 11.4 Å². The van der Waals surface area contributed by atoms with Crippen molar-refractivity contribution in [3.8, 4) is 17.6 Å². The maximum Gasteiger partial charge on any atom is 0.296 e. The van der Waals surface area contributed by atoms with E-state index >= 15 is 0 Å². The monoisotopic (exact) mass is 523 g/mol. The largest absolute Gasteiger partial charge is 0.496 e. The van der Waals surface area contributed by atoms with Crippen LogP contribution in [0.2, 0.25) is 0 Å². The Balaban J connectivity index is 2.43. The van der Waals surface area contributed by atoms with E-state index in [4.69, 9.17) is 9.47 Å². The van der Waals surface area contributed by atoms with Gasteiger partial charge >= 0.3 is 0 Å². The van der Waals surface area contributed by atoms with Crippen LogP contribution in [-0.4, -0.2) is 24.5 Å². The molecule has 0 aromatic heterocycles. The Morgan fingerprint density at radius 2 is 2.07 bits per heavy atom. The zero-order valence-corrected chi connectivity index (χ0v) is 18.5. The van der Waals surface area contributed by atoms with Crippen molar-refractivity contribution < 1.29 is 19.2 Å². The number of ether oxygens (including phenoxy) is 2. The van der Waals surface area contributed by atoms with Gasteiger partial charge < -0.3 is 14.8 Å². The van der Waals surface area contributed by atoms with Gasteiger partial charge in [0.05, 0.1) is 29.2 Å². The highest BCUT2D eigenvalue weighted by atomic mass is 79.9. The molecule has 0 unspecified atom stereocenters. The lowest BCUT2D eigenvalue weighted by atomic mass is 10.1. The average Bonchev–Trinajstić information content (AvgIpc) is 2.68. The number of carbonyl (C=O) groups is 1. The molecule has 0 aliphatic carbocycles. The predicted octanol–water partition coefficient (Wildman–Crippen LogP) is 5.07. The molecule has 29 heavy (non-hydrogen) atoms. The van der Waals surface area contributed by atoms with Gasteiger partial charge in [-0.3, -0.25) is 14.9 Å². The van der Waals surface area contributed by atoms with E-state index in [1.54, 1.807) is 12.1 Å².